The molecule has 0 bridgehead atoms. The Bertz CT molecular complexity index is 1060. The minimum atomic E-state index is -4.36. The lowest BCUT2D eigenvalue weighted by atomic mass is 10.1. The highest BCUT2D eigenvalue weighted by molar-refractivity contribution is 8.18. The smallest absolute Gasteiger partial charge is 0.378 e. The number of amidine groups is 1. The van der Waals surface area contributed by atoms with Gasteiger partial charge in [0, 0.05) is 51.6 Å². The van der Waals surface area contributed by atoms with Crippen molar-refractivity contribution in [3.05, 3.63) is 64.6 Å². The Hall–Kier alpha value is -2.94. The molecule has 2 aliphatic heterocycles. The summed E-state index contributed by atoms with van der Waals surface area (Å²) >= 11 is 1.34. The maximum Gasteiger partial charge on any atom is 0.416 e. The number of carbonyl (C=O) groups is 1. The molecule has 0 spiro atoms. The van der Waals surface area contributed by atoms with Gasteiger partial charge in [-0.05, 0) is 53.7 Å². The van der Waals surface area contributed by atoms with Gasteiger partial charge in [-0.15, -0.1) is 0 Å². The molecule has 32 heavy (non-hydrogen) atoms. The van der Waals surface area contributed by atoms with E-state index in [0.717, 1.165) is 17.3 Å². The van der Waals surface area contributed by atoms with E-state index in [-0.39, 0.29) is 5.91 Å². The summed E-state index contributed by atoms with van der Waals surface area (Å²) in [6.45, 7) is 2.28. The van der Waals surface area contributed by atoms with Crippen LogP contribution in [0, 0.1) is 0 Å². The van der Waals surface area contributed by atoms with Gasteiger partial charge in [-0.25, -0.2) is 0 Å². The van der Waals surface area contributed by atoms with Crippen molar-refractivity contribution in [2.24, 2.45) is 4.99 Å². The molecule has 0 unspecified atom stereocenters. The molecule has 0 aliphatic carbocycles. The maximum atomic E-state index is 13.0. The molecule has 2 aliphatic rings. The second-order valence-corrected chi connectivity index (χ2v) is 8.83. The highest BCUT2D eigenvalue weighted by Gasteiger charge is 2.32. The van der Waals surface area contributed by atoms with Crippen LogP contribution < -0.4 is 9.80 Å². The highest BCUT2D eigenvalue weighted by atomic mass is 32.2. The third-order valence-electron chi connectivity index (χ3n) is 5.41. The van der Waals surface area contributed by atoms with Gasteiger partial charge in [0.05, 0.1) is 10.5 Å². The largest absolute Gasteiger partial charge is 0.416 e. The Balaban J connectivity index is 1.38. The molecule has 0 saturated carbocycles. The van der Waals surface area contributed by atoms with E-state index >= 15 is 0 Å². The van der Waals surface area contributed by atoms with Crippen molar-refractivity contribution in [2.75, 3.05) is 50.1 Å². The molecule has 2 aromatic carbocycles. The molecule has 1 amide bonds. The summed E-state index contributed by atoms with van der Waals surface area (Å²) in [4.78, 5) is 23.1. The number of carbonyl (C=O) groups excluding carboxylic acids is 1. The molecule has 0 N–H and O–H groups in total. The molecule has 9 heteroatoms. The number of thioether (sulfide) groups is 1. The lowest BCUT2D eigenvalue weighted by Crippen LogP contribution is -2.47. The molecule has 2 heterocycles. The third kappa shape index (κ3) is 4.93. The number of aliphatic imine (C=N–C) groups is 1. The van der Waals surface area contributed by atoms with Crippen molar-refractivity contribution in [1.82, 2.24) is 4.90 Å². The van der Waals surface area contributed by atoms with E-state index in [1.54, 1.807) is 6.07 Å². The summed E-state index contributed by atoms with van der Waals surface area (Å²) in [6, 6.07) is 13.3. The number of hydrogen-bond donors (Lipinski definition) is 0. The number of halogens is 3. The van der Waals surface area contributed by atoms with Gasteiger partial charge < -0.3 is 14.7 Å². The van der Waals surface area contributed by atoms with E-state index in [1.165, 1.54) is 23.9 Å². The fraction of sp³-hybridized carbons (Fsp3) is 0.304. The van der Waals surface area contributed by atoms with Crippen molar-refractivity contribution in [1.29, 1.82) is 0 Å². The number of hydrogen-bond acceptors (Lipinski definition) is 5. The first kappa shape index (κ1) is 22.3. The molecule has 168 valence electrons. The summed E-state index contributed by atoms with van der Waals surface area (Å²) < 4.78 is 39.0. The number of alkyl halides is 3. The van der Waals surface area contributed by atoms with Crippen LogP contribution in [0.15, 0.2) is 58.4 Å². The Morgan fingerprint density at radius 3 is 2.28 bits per heavy atom. The summed E-state index contributed by atoms with van der Waals surface area (Å²) in [5.74, 6) is -0.262. The number of piperazine rings is 1. The van der Waals surface area contributed by atoms with Gasteiger partial charge in [-0.3, -0.25) is 4.79 Å². The van der Waals surface area contributed by atoms with Crippen LogP contribution in [0.4, 0.5) is 24.5 Å². The monoisotopic (exact) mass is 460 g/mol. The fourth-order valence-corrected chi connectivity index (χ4v) is 4.55. The van der Waals surface area contributed by atoms with E-state index < -0.39 is 11.7 Å². The summed E-state index contributed by atoms with van der Waals surface area (Å²) in [6.07, 6.45) is -2.52. The first-order valence-electron chi connectivity index (χ1n) is 10.2. The van der Waals surface area contributed by atoms with Crippen molar-refractivity contribution in [2.45, 2.75) is 6.18 Å². The number of benzene rings is 2. The molecule has 0 aromatic heterocycles. The Kier molecular flexibility index (Phi) is 6.19. The van der Waals surface area contributed by atoms with Gasteiger partial charge in [-0.2, -0.15) is 18.2 Å². The van der Waals surface area contributed by atoms with Crippen molar-refractivity contribution in [3.8, 4) is 0 Å². The minimum Gasteiger partial charge on any atom is -0.378 e. The molecule has 0 radical (unpaired) electrons. The zero-order chi connectivity index (χ0) is 22.9. The van der Waals surface area contributed by atoms with E-state index in [0.29, 0.717) is 41.9 Å². The number of anilines is 2. The third-order valence-corrected chi connectivity index (χ3v) is 6.45. The normalized spacial score (nSPS) is 18.3. The van der Waals surface area contributed by atoms with E-state index in [2.05, 4.69) is 4.99 Å². The SMILES string of the molecule is CN(C)c1ccc(/C=C2/SC(N3CCN(c4cccc(C(F)(F)F)c4)CC3)=NC2=O)cc1. The minimum absolute atomic E-state index is 0.262. The molecule has 1 saturated heterocycles. The summed E-state index contributed by atoms with van der Waals surface area (Å²) in [5.41, 5.74) is 1.91. The predicted octanol–water partition coefficient (Wildman–Crippen LogP) is 4.56. The van der Waals surface area contributed by atoms with Gasteiger partial charge in [0.25, 0.3) is 5.91 Å². The van der Waals surface area contributed by atoms with Crippen LogP contribution in [0.5, 0.6) is 0 Å². The Morgan fingerprint density at radius 1 is 1.00 bits per heavy atom. The van der Waals surface area contributed by atoms with Crippen LogP contribution in [0.2, 0.25) is 0 Å². The lowest BCUT2D eigenvalue weighted by Gasteiger charge is -2.36. The molecule has 4 rings (SSSR count). The van der Waals surface area contributed by atoms with E-state index in [1.807, 2.05) is 59.1 Å². The topological polar surface area (TPSA) is 39.1 Å². The Morgan fingerprint density at radius 2 is 1.66 bits per heavy atom. The average molecular weight is 461 g/mol. The van der Waals surface area contributed by atoms with Crippen LogP contribution >= 0.6 is 11.8 Å². The van der Waals surface area contributed by atoms with Crippen LogP contribution in [0.1, 0.15) is 11.1 Å². The molecule has 5 nitrogen and oxygen atoms in total. The predicted molar refractivity (Wildman–Crippen MR) is 124 cm³/mol. The van der Waals surface area contributed by atoms with E-state index in [4.69, 9.17) is 0 Å². The van der Waals surface area contributed by atoms with Crippen LogP contribution in [-0.2, 0) is 11.0 Å². The van der Waals surface area contributed by atoms with Crippen molar-refractivity contribution >= 4 is 40.3 Å². The van der Waals surface area contributed by atoms with Gasteiger partial charge in [-0.1, -0.05) is 18.2 Å². The number of rotatable bonds is 3. The second-order valence-electron chi connectivity index (χ2n) is 7.82. The van der Waals surface area contributed by atoms with E-state index in [9.17, 15) is 18.0 Å². The van der Waals surface area contributed by atoms with Crippen molar-refractivity contribution < 1.29 is 18.0 Å². The Labute approximate surface area is 189 Å². The highest BCUT2D eigenvalue weighted by Crippen LogP contribution is 2.33. The number of nitrogens with zero attached hydrogens (tertiary/aromatic N) is 4. The van der Waals surface area contributed by atoms with Gasteiger partial charge in [0.2, 0.25) is 0 Å². The fourth-order valence-electron chi connectivity index (χ4n) is 3.59. The molecular weight excluding hydrogens is 437 g/mol. The van der Waals surface area contributed by atoms with Crippen LogP contribution in [0.3, 0.4) is 0 Å². The van der Waals surface area contributed by atoms with Gasteiger partial charge in [0.15, 0.2) is 5.17 Å². The van der Waals surface area contributed by atoms with Gasteiger partial charge in [0.1, 0.15) is 0 Å². The summed E-state index contributed by atoms with van der Waals surface area (Å²) in [7, 11) is 3.94. The van der Waals surface area contributed by atoms with Crippen LogP contribution in [-0.4, -0.2) is 56.2 Å². The second kappa shape index (κ2) is 8.90. The first-order chi connectivity index (χ1) is 15.2. The first-order valence-corrected chi connectivity index (χ1v) is 11.0. The number of amides is 1. The zero-order valence-corrected chi connectivity index (χ0v) is 18.6. The zero-order valence-electron chi connectivity index (χ0n) is 17.8. The maximum absolute atomic E-state index is 13.0. The lowest BCUT2D eigenvalue weighted by molar-refractivity contribution is -0.137. The average Bonchev–Trinajstić information content (AvgIpc) is 3.14. The molecule has 0 atom stereocenters. The molecule has 2 aromatic rings. The van der Waals surface area contributed by atoms with Gasteiger partial charge >= 0.3 is 6.18 Å². The molecule has 1 fully saturated rings. The van der Waals surface area contributed by atoms with Crippen molar-refractivity contribution in [3.63, 3.8) is 0 Å². The molecular formula is C23H23F3N4OS. The quantitative estimate of drug-likeness (QED) is 0.628. The summed E-state index contributed by atoms with van der Waals surface area (Å²) in [5, 5.41) is 0.648. The van der Waals surface area contributed by atoms with Crippen LogP contribution in [0.25, 0.3) is 6.08 Å². The standard InChI is InChI=1S/C23H23F3N4OS/c1-28(2)18-8-6-16(7-9-18)14-20-21(31)27-22(32-20)30-12-10-29(11-13-30)19-5-3-4-17(15-19)23(24,25)26/h3-9,14-15H,10-13H2,1-2H3/b20-14+.